The monoisotopic (exact) mass is 798 g/mol. The molecule has 2 aliphatic carbocycles. The molecule has 2 nitrogen and oxygen atoms in total. The number of halogens is 2. The molecule has 0 saturated carbocycles. The van der Waals surface area contributed by atoms with E-state index < -0.39 is 18.5 Å². The molecule has 0 amide bonds. The van der Waals surface area contributed by atoms with E-state index in [0.29, 0.717) is 0 Å². The number of fused-ring (bicyclic) bond motifs is 2. The van der Waals surface area contributed by atoms with Crippen molar-refractivity contribution in [3.63, 3.8) is 0 Å². The Labute approximate surface area is 331 Å². The first-order valence-electron chi connectivity index (χ1n) is 17.3. The van der Waals surface area contributed by atoms with E-state index in [9.17, 15) is 0 Å². The molecular weight excluding hydrogens is 751 g/mol. The Morgan fingerprint density at radius 2 is 0.860 bits per heavy atom. The van der Waals surface area contributed by atoms with Crippen LogP contribution >= 0.6 is 23.2 Å². The zero-order valence-corrected chi connectivity index (χ0v) is 37.1. The van der Waals surface area contributed by atoms with Gasteiger partial charge >= 0.3 is 0 Å². The summed E-state index contributed by atoms with van der Waals surface area (Å²) in [4.78, 5) is 0. The Balaban J connectivity index is 0.00000486. The van der Waals surface area contributed by atoms with Crippen molar-refractivity contribution < 1.29 is 35.7 Å². The molecule has 260 valence electrons. The van der Waals surface area contributed by atoms with E-state index in [2.05, 4.69) is 142 Å². The van der Waals surface area contributed by atoms with E-state index >= 15 is 0 Å². The molecule has 0 saturated heterocycles. The number of methoxy groups -OCH3 is 2. The molecule has 0 spiro atoms. The zero-order valence-electron chi connectivity index (χ0n) is 31.7. The number of benzene rings is 4. The summed E-state index contributed by atoms with van der Waals surface area (Å²) in [5.74, 6) is 1.83. The number of hydrogen-bond acceptors (Lipinski definition) is 2. The molecule has 0 fully saturated rings. The van der Waals surface area contributed by atoms with Crippen molar-refractivity contribution >= 4 is 43.9 Å². The zero-order chi connectivity index (χ0) is 35.8. The number of alkyl halides is 2. The van der Waals surface area contributed by atoms with Crippen molar-refractivity contribution in [1.82, 2.24) is 0 Å². The largest absolute Gasteiger partial charge is 0.496 e. The number of hydrogen-bond donors (Lipinski definition) is 0. The van der Waals surface area contributed by atoms with Gasteiger partial charge < -0.3 is 9.47 Å². The van der Waals surface area contributed by atoms with Crippen LogP contribution in [0.25, 0.3) is 33.4 Å². The van der Waals surface area contributed by atoms with Crippen LogP contribution in [0.2, 0.25) is 0 Å². The molecule has 4 aromatic carbocycles. The fourth-order valence-corrected chi connectivity index (χ4v) is 12.9. The van der Waals surface area contributed by atoms with Gasteiger partial charge in [-0.05, 0) is 106 Å². The maximum absolute atomic E-state index is 8.25. The standard InChI is InChI=1S/C44H50Cl2O2Si.Zr/c1-25-27(3)43(45,31-23-33(41(5,6)7)39(47-11)37(35(25)31)29-19-15-13-16-20-29)49-44(46)28(4)26(2)36-32(44)24-34(42(8,9)10)40(48-12)38(36)30-21-17-14-18-22-30;/h13-24H,49H2,1-12H3;. The molecule has 50 heavy (non-hydrogen) atoms. The van der Waals surface area contributed by atoms with Crippen molar-refractivity contribution in [1.29, 1.82) is 0 Å². The van der Waals surface area contributed by atoms with Crippen LogP contribution in [-0.4, -0.2) is 23.7 Å². The van der Waals surface area contributed by atoms with Gasteiger partial charge in [-0.15, -0.1) is 23.2 Å². The molecule has 0 aromatic heterocycles. The average molecular weight is 801 g/mol. The summed E-state index contributed by atoms with van der Waals surface area (Å²) >= 11 is 16.5. The Hall–Kier alpha value is -2.36. The maximum atomic E-state index is 8.25. The van der Waals surface area contributed by atoms with E-state index in [4.69, 9.17) is 32.7 Å². The van der Waals surface area contributed by atoms with E-state index in [1.807, 2.05) is 0 Å². The molecule has 0 N–H and O–H groups in total. The fraction of sp³-hybridized carbons (Fsp3) is 0.364. The van der Waals surface area contributed by atoms with Gasteiger partial charge in [0.1, 0.15) is 11.5 Å². The molecule has 0 bridgehead atoms. The molecule has 0 aliphatic heterocycles. The van der Waals surface area contributed by atoms with Crippen LogP contribution in [0.3, 0.4) is 0 Å². The van der Waals surface area contributed by atoms with Crippen LogP contribution in [0.4, 0.5) is 0 Å². The minimum Gasteiger partial charge on any atom is -0.496 e. The van der Waals surface area contributed by atoms with Crippen molar-refractivity contribution in [2.45, 2.75) is 89.1 Å². The van der Waals surface area contributed by atoms with E-state index in [1.54, 1.807) is 14.2 Å². The van der Waals surface area contributed by atoms with Crippen LogP contribution in [0.15, 0.2) is 83.9 Å². The first kappa shape index (κ1) is 38.9. The summed E-state index contributed by atoms with van der Waals surface area (Å²) in [6.07, 6.45) is 0. The van der Waals surface area contributed by atoms with Gasteiger partial charge in [-0.3, -0.25) is 0 Å². The molecule has 0 radical (unpaired) electrons. The Bertz CT molecular complexity index is 1890. The third-order valence-electron chi connectivity index (χ3n) is 11.1. The van der Waals surface area contributed by atoms with E-state index in [0.717, 1.165) is 56.0 Å². The first-order valence-corrected chi connectivity index (χ1v) is 19.5. The third kappa shape index (κ3) is 5.95. The van der Waals surface area contributed by atoms with Crippen LogP contribution < -0.4 is 9.47 Å². The second kappa shape index (κ2) is 13.6. The Kier molecular flexibility index (Phi) is 10.5. The molecular formula is C44H50Cl2O2SiZr. The minimum atomic E-state index is -1.42. The van der Waals surface area contributed by atoms with Gasteiger partial charge in [-0.1, -0.05) is 102 Å². The van der Waals surface area contributed by atoms with Crippen LogP contribution in [0.5, 0.6) is 11.5 Å². The van der Waals surface area contributed by atoms with Gasteiger partial charge in [0, 0.05) is 48.5 Å². The topological polar surface area (TPSA) is 18.5 Å². The molecule has 2 aliphatic rings. The molecule has 0 heterocycles. The Morgan fingerprint density at radius 1 is 0.540 bits per heavy atom. The summed E-state index contributed by atoms with van der Waals surface area (Å²) < 4.78 is 11.1. The van der Waals surface area contributed by atoms with Crippen molar-refractivity contribution in [2.75, 3.05) is 14.2 Å². The summed E-state index contributed by atoms with van der Waals surface area (Å²) in [7, 11) is 2.16. The number of allylic oxidation sites excluding steroid dienone is 4. The quantitative estimate of drug-likeness (QED) is 0.143. The fourth-order valence-electron chi connectivity index (χ4n) is 8.20. The van der Waals surface area contributed by atoms with Crippen LogP contribution in [-0.2, 0) is 46.0 Å². The molecule has 4 aromatic rings. The van der Waals surface area contributed by atoms with Gasteiger partial charge in [-0.25, -0.2) is 0 Å². The molecule has 6 rings (SSSR count). The second-order valence-electron chi connectivity index (χ2n) is 16.0. The van der Waals surface area contributed by atoms with E-state index in [1.165, 1.54) is 33.4 Å². The van der Waals surface area contributed by atoms with Gasteiger partial charge in [0.05, 0.1) is 32.7 Å². The number of rotatable bonds is 6. The van der Waals surface area contributed by atoms with Crippen molar-refractivity contribution in [3.05, 3.63) is 117 Å². The van der Waals surface area contributed by atoms with Crippen LogP contribution in [0, 0.1) is 0 Å². The minimum absolute atomic E-state index is 0. The smallest absolute Gasteiger partial charge is 0.131 e. The predicted molar refractivity (Wildman–Crippen MR) is 214 cm³/mol. The predicted octanol–water partition coefficient (Wildman–Crippen LogP) is 11.9. The Morgan fingerprint density at radius 3 is 1.14 bits per heavy atom. The number of ether oxygens (including phenoxy) is 2. The normalized spacial score (nSPS) is 20.4. The van der Waals surface area contributed by atoms with Gasteiger partial charge in [0.25, 0.3) is 0 Å². The van der Waals surface area contributed by atoms with Crippen LogP contribution in [0.1, 0.15) is 103 Å². The first-order chi connectivity index (χ1) is 22.9. The van der Waals surface area contributed by atoms with Gasteiger partial charge in [0.2, 0.25) is 0 Å². The summed E-state index contributed by atoms with van der Waals surface area (Å²) in [6, 6.07) is 25.9. The summed E-state index contributed by atoms with van der Waals surface area (Å²) in [6.45, 7) is 22.4. The van der Waals surface area contributed by atoms with Crippen molar-refractivity contribution in [3.8, 4) is 33.8 Å². The SMILES string of the molecule is COc1c(C(C)(C)C)cc2c(c1-c1ccccc1)C(C)=C(C)C2(Cl)[SiH2]C1(Cl)C(C)=C(C)c2c1cc(C(C)(C)C)c(OC)c2-c1ccccc1.[Zr]. The van der Waals surface area contributed by atoms with E-state index in [-0.39, 0.29) is 37.0 Å². The molecule has 2 unspecified atom stereocenters. The average Bonchev–Trinajstić information content (AvgIpc) is 3.36. The van der Waals surface area contributed by atoms with Gasteiger partial charge in [0.15, 0.2) is 0 Å². The summed E-state index contributed by atoms with van der Waals surface area (Å²) in [5.41, 5.74) is 15.9. The van der Waals surface area contributed by atoms with Crippen molar-refractivity contribution in [2.24, 2.45) is 0 Å². The maximum Gasteiger partial charge on any atom is 0.131 e. The van der Waals surface area contributed by atoms with Gasteiger partial charge in [-0.2, -0.15) is 0 Å². The summed E-state index contributed by atoms with van der Waals surface area (Å²) in [5, 5.41) is 0. The molecule has 6 heteroatoms. The second-order valence-corrected chi connectivity index (χ2v) is 20.7. The third-order valence-corrected chi connectivity index (χ3v) is 15.7. The molecule has 2 atom stereocenters.